The molecule has 1 amide bonds. The van der Waals surface area contributed by atoms with Crippen molar-refractivity contribution in [3.63, 3.8) is 0 Å². The monoisotopic (exact) mass is 369 g/mol. The first-order valence-electron chi connectivity index (χ1n) is 6.55. The first kappa shape index (κ1) is 17.7. The summed E-state index contributed by atoms with van der Waals surface area (Å²) in [6.07, 6.45) is 0.0452. The van der Waals surface area contributed by atoms with Gasteiger partial charge in [-0.3, -0.25) is 4.79 Å². The molecule has 1 aliphatic rings. The molecule has 1 aromatic carbocycles. The number of ether oxygens (including phenoxy) is 2. The van der Waals surface area contributed by atoms with E-state index in [0.29, 0.717) is 5.69 Å². The van der Waals surface area contributed by atoms with E-state index in [-0.39, 0.29) is 36.1 Å². The first-order valence-corrected chi connectivity index (χ1v) is 9.03. The Bertz CT molecular complexity index is 698. The van der Waals surface area contributed by atoms with E-state index in [1.807, 2.05) is 0 Å². The third kappa shape index (κ3) is 4.68. The van der Waals surface area contributed by atoms with Crippen molar-refractivity contribution in [3.05, 3.63) is 18.2 Å². The minimum absolute atomic E-state index is 0.0452. The van der Waals surface area contributed by atoms with Crippen LogP contribution in [0, 0.1) is 5.92 Å². The number of hydrogen-bond acceptors (Lipinski definition) is 5. The summed E-state index contributed by atoms with van der Waals surface area (Å²) in [6, 6.07) is 4.07. The Morgan fingerprint density at radius 1 is 1.39 bits per heavy atom. The number of amides is 1. The lowest BCUT2D eigenvalue weighted by Gasteiger charge is -2.19. The predicted molar refractivity (Wildman–Crippen MR) is 79.7 cm³/mol. The van der Waals surface area contributed by atoms with Crippen molar-refractivity contribution < 1.29 is 31.5 Å². The smallest absolute Gasteiger partial charge is 0.387 e. The van der Waals surface area contributed by atoms with Crippen LogP contribution < -0.4 is 14.4 Å². The van der Waals surface area contributed by atoms with Gasteiger partial charge in [-0.15, -0.1) is 0 Å². The predicted octanol–water partition coefficient (Wildman–Crippen LogP) is 2.22. The van der Waals surface area contributed by atoms with Crippen LogP contribution in [0.4, 0.5) is 14.5 Å². The van der Waals surface area contributed by atoms with Gasteiger partial charge in [0, 0.05) is 41.3 Å². The van der Waals surface area contributed by atoms with Gasteiger partial charge in [0.15, 0.2) is 11.5 Å². The average molecular weight is 370 g/mol. The number of carbonyl (C=O) groups is 1. The highest BCUT2D eigenvalue weighted by Crippen LogP contribution is 2.35. The quantitative estimate of drug-likeness (QED) is 0.719. The number of alkyl halides is 2. The topological polar surface area (TPSA) is 72.9 Å². The van der Waals surface area contributed by atoms with E-state index in [1.54, 1.807) is 0 Å². The number of hydrogen-bond donors (Lipinski definition) is 0. The van der Waals surface area contributed by atoms with Crippen LogP contribution in [0.15, 0.2) is 18.2 Å². The molecule has 6 nitrogen and oxygen atoms in total. The van der Waals surface area contributed by atoms with Gasteiger partial charge in [0.05, 0.1) is 12.9 Å². The summed E-state index contributed by atoms with van der Waals surface area (Å²) in [5.74, 6) is -1.12. The molecule has 23 heavy (non-hydrogen) atoms. The van der Waals surface area contributed by atoms with Crippen molar-refractivity contribution in [1.29, 1.82) is 0 Å². The first-order chi connectivity index (χ1) is 10.7. The summed E-state index contributed by atoms with van der Waals surface area (Å²) in [4.78, 5) is 13.4. The van der Waals surface area contributed by atoms with Crippen LogP contribution in [0.3, 0.4) is 0 Å². The molecule has 0 saturated carbocycles. The number of nitrogens with zero attached hydrogens (tertiary/aromatic N) is 1. The molecule has 2 rings (SSSR count). The van der Waals surface area contributed by atoms with Gasteiger partial charge in [0.25, 0.3) is 0 Å². The summed E-state index contributed by atoms with van der Waals surface area (Å²) in [6.45, 7) is -2.83. The van der Waals surface area contributed by atoms with Crippen molar-refractivity contribution in [2.75, 3.05) is 24.3 Å². The highest BCUT2D eigenvalue weighted by molar-refractivity contribution is 8.13. The molecule has 1 aromatic rings. The van der Waals surface area contributed by atoms with Crippen LogP contribution in [0.1, 0.15) is 6.42 Å². The molecule has 0 N–H and O–H groups in total. The fourth-order valence-electron chi connectivity index (χ4n) is 2.44. The second-order valence-electron chi connectivity index (χ2n) is 4.99. The fraction of sp³-hybridized carbons (Fsp3) is 0.462. The Morgan fingerprint density at radius 3 is 2.65 bits per heavy atom. The lowest BCUT2D eigenvalue weighted by molar-refractivity contribution is -0.117. The number of benzene rings is 1. The Hall–Kier alpha value is -1.61. The summed E-state index contributed by atoms with van der Waals surface area (Å²) >= 11 is 0. The normalized spacial score (nSPS) is 18.6. The molecule has 1 fully saturated rings. The summed E-state index contributed by atoms with van der Waals surface area (Å²) in [5.41, 5.74) is 0.405. The molecule has 1 heterocycles. The highest BCUT2D eigenvalue weighted by Gasteiger charge is 2.33. The number of anilines is 1. The zero-order valence-electron chi connectivity index (χ0n) is 12.0. The Balaban J connectivity index is 2.20. The number of halogens is 3. The van der Waals surface area contributed by atoms with Crippen molar-refractivity contribution in [2.45, 2.75) is 13.0 Å². The van der Waals surface area contributed by atoms with Crippen LogP contribution in [0.5, 0.6) is 11.5 Å². The SMILES string of the molecule is COc1cc(N2CC(CS(=O)(=O)Cl)CC2=O)ccc1OC(F)F. The molecule has 0 radical (unpaired) electrons. The average Bonchev–Trinajstić information content (AvgIpc) is 2.77. The van der Waals surface area contributed by atoms with Crippen LogP contribution in [0.2, 0.25) is 0 Å². The van der Waals surface area contributed by atoms with E-state index in [9.17, 15) is 22.0 Å². The highest BCUT2D eigenvalue weighted by atomic mass is 35.7. The molecular weight excluding hydrogens is 356 g/mol. The van der Waals surface area contributed by atoms with Gasteiger partial charge in [-0.05, 0) is 12.1 Å². The maximum atomic E-state index is 12.3. The van der Waals surface area contributed by atoms with Crippen LogP contribution in [-0.4, -0.2) is 40.3 Å². The Kier molecular flexibility index (Phi) is 5.30. The van der Waals surface area contributed by atoms with Crippen LogP contribution in [-0.2, 0) is 13.8 Å². The zero-order chi connectivity index (χ0) is 17.2. The molecule has 1 aliphatic heterocycles. The summed E-state index contributed by atoms with van der Waals surface area (Å²) in [7, 11) is 2.79. The Morgan fingerprint density at radius 2 is 2.09 bits per heavy atom. The second-order valence-corrected chi connectivity index (χ2v) is 7.82. The zero-order valence-corrected chi connectivity index (χ0v) is 13.6. The number of carbonyl (C=O) groups excluding carboxylic acids is 1. The number of rotatable bonds is 6. The third-order valence-electron chi connectivity index (χ3n) is 3.31. The summed E-state index contributed by atoms with van der Waals surface area (Å²) in [5, 5.41) is 0. The van der Waals surface area contributed by atoms with Gasteiger partial charge < -0.3 is 14.4 Å². The van der Waals surface area contributed by atoms with E-state index in [1.165, 1.54) is 30.2 Å². The molecule has 0 aromatic heterocycles. The second kappa shape index (κ2) is 6.88. The van der Waals surface area contributed by atoms with Crippen molar-refractivity contribution in [2.24, 2.45) is 5.92 Å². The molecular formula is C13H14ClF2NO5S. The molecule has 1 saturated heterocycles. The van der Waals surface area contributed by atoms with Crippen molar-refractivity contribution in [3.8, 4) is 11.5 Å². The molecule has 0 bridgehead atoms. The van der Waals surface area contributed by atoms with Gasteiger partial charge in [-0.2, -0.15) is 8.78 Å². The molecule has 10 heteroatoms. The van der Waals surface area contributed by atoms with Gasteiger partial charge in [-0.1, -0.05) is 0 Å². The van der Waals surface area contributed by atoms with E-state index in [0.717, 1.165) is 0 Å². The van der Waals surface area contributed by atoms with Crippen LogP contribution in [0.25, 0.3) is 0 Å². The minimum Gasteiger partial charge on any atom is -0.493 e. The number of methoxy groups -OCH3 is 1. The standard InChI is InChI=1S/C13H14ClF2NO5S/c1-21-11-5-9(2-3-10(11)22-13(15)16)17-6-8(4-12(17)18)7-23(14,19)20/h2-3,5,8,13H,4,6-7H2,1H3. The van der Waals surface area contributed by atoms with Crippen molar-refractivity contribution >= 4 is 31.3 Å². The maximum absolute atomic E-state index is 12.3. The lowest BCUT2D eigenvalue weighted by Crippen LogP contribution is -2.25. The minimum atomic E-state index is -3.70. The van der Waals surface area contributed by atoms with E-state index < -0.39 is 21.6 Å². The lowest BCUT2D eigenvalue weighted by atomic mass is 10.1. The van der Waals surface area contributed by atoms with Gasteiger partial charge >= 0.3 is 6.61 Å². The van der Waals surface area contributed by atoms with E-state index in [2.05, 4.69) is 4.74 Å². The van der Waals surface area contributed by atoms with E-state index in [4.69, 9.17) is 15.4 Å². The van der Waals surface area contributed by atoms with E-state index >= 15 is 0 Å². The molecule has 0 spiro atoms. The van der Waals surface area contributed by atoms with Crippen molar-refractivity contribution in [1.82, 2.24) is 0 Å². The van der Waals surface area contributed by atoms with Gasteiger partial charge in [0.2, 0.25) is 15.0 Å². The molecule has 1 atom stereocenters. The molecule has 0 aliphatic carbocycles. The maximum Gasteiger partial charge on any atom is 0.387 e. The molecule has 128 valence electrons. The largest absolute Gasteiger partial charge is 0.493 e. The molecule has 1 unspecified atom stereocenters. The Labute approximate surface area is 136 Å². The van der Waals surface area contributed by atoms with Gasteiger partial charge in [-0.25, -0.2) is 8.42 Å². The van der Waals surface area contributed by atoms with Crippen LogP contribution >= 0.6 is 10.7 Å². The fourth-order valence-corrected chi connectivity index (χ4v) is 3.76. The summed E-state index contributed by atoms with van der Waals surface area (Å²) < 4.78 is 56.1. The third-order valence-corrected chi connectivity index (χ3v) is 4.56. The van der Waals surface area contributed by atoms with Gasteiger partial charge in [0.1, 0.15) is 0 Å².